The summed E-state index contributed by atoms with van der Waals surface area (Å²) in [5.41, 5.74) is 0.753. The Hall–Kier alpha value is -3.23. The minimum Gasteiger partial charge on any atom is -0.507 e. The topological polar surface area (TPSA) is 99.5 Å². The van der Waals surface area contributed by atoms with Crippen molar-refractivity contribution in [2.75, 3.05) is 40.4 Å². The van der Waals surface area contributed by atoms with Crippen LogP contribution in [0.1, 0.15) is 31.0 Å². The maximum Gasteiger partial charge on any atom is 0.295 e. The second kappa shape index (κ2) is 10.8. The van der Waals surface area contributed by atoms with Crippen LogP contribution in [0.5, 0.6) is 17.2 Å². The van der Waals surface area contributed by atoms with Gasteiger partial charge in [-0.1, -0.05) is 17.7 Å². The first-order chi connectivity index (χ1) is 16.2. The van der Waals surface area contributed by atoms with E-state index in [1.54, 1.807) is 31.2 Å². The van der Waals surface area contributed by atoms with E-state index in [2.05, 4.69) is 0 Å². The number of phenolic OH excluding ortho intramolecular Hbond substituents is 1. The number of halogens is 1. The van der Waals surface area contributed by atoms with Crippen LogP contribution in [0.2, 0.25) is 5.02 Å². The normalized spacial score (nSPS) is 17.5. The smallest absolute Gasteiger partial charge is 0.295 e. The molecule has 1 fully saturated rings. The molecule has 8 nitrogen and oxygen atoms in total. The Labute approximate surface area is 203 Å². The van der Waals surface area contributed by atoms with Crippen LogP contribution in [-0.4, -0.2) is 72.1 Å². The standard InChI is InChI=1S/C25H29ClN2O6/c1-5-33-19-10-8-16(13-17(19)26)23(30)21-22(15-7-9-18(29)20(14-15)34-6-2)28(12-11-27(3)4)25(32)24(21)31/h7-10,13-14,22,29-30H,5-6,11-12H2,1-4H3/t22-/m0/s1. The SMILES string of the molecule is CCOc1cc([C@H]2C(=C(O)c3ccc(OCC)c(Cl)c3)C(=O)C(=O)N2CCN(C)C)ccc1O. The van der Waals surface area contributed by atoms with Gasteiger partial charge >= 0.3 is 0 Å². The fraction of sp³-hybridized carbons (Fsp3) is 0.360. The first-order valence-corrected chi connectivity index (χ1v) is 11.4. The van der Waals surface area contributed by atoms with Crippen molar-refractivity contribution < 1.29 is 29.3 Å². The summed E-state index contributed by atoms with van der Waals surface area (Å²) in [4.78, 5) is 29.5. The number of ether oxygens (including phenoxy) is 2. The Morgan fingerprint density at radius 3 is 2.35 bits per heavy atom. The molecule has 1 saturated heterocycles. The number of benzene rings is 2. The molecule has 34 heavy (non-hydrogen) atoms. The molecule has 1 amide bonds. The lowest BCUT2D eigenvalue weighted by Crippen LogP contribution is -2.35. The summed E-state index contributed by atoms with van der Waals surface area (Å²) in [6, 6.07) is 8.44. The summed E-state index contributed by atoms with van der Waals surface area (Å²) >= 11 is 6.29. The van der Waals surface area contributed by atoms with Crippen LogP contribution in [0.25, 0.3) is 5.76 Å². The molecule has 0 unspecified atom stereocenters. The lowest BCUT2D eigenvalue weighted by Gasteiger charge is -2.27. The van der Waals surface area contributed by atoms with Gasteiger partial charge in [-0.25, -0.2) is 0 Å². The highest BCUT2D eigenvalue weighted by atomic mass is 35.5. The zero-order chi connectivity index (χ0) is 25.0. The second-order valence-electron chi connectivity index (χ2n) is 8.03. The Balaban J connectivity index is 2.16. The fourth-order valence-electron chi connectivity index (χ4n) is 3.81. The zero-order valence-corrected chi connectivity index (χ0v) is 20.4. The lowest BCUT2D eigenvalue weighted by atomic mass is 9.95. The Morgan fingerprint density at radius 2 is 1.74 bits per heavy atom. The van der Waals surface area contributed by atoms with Crippen molar-refractivity contribution in [3.8, 4) is 17.2 Å². The number of hydrogen-bond donors (Lipinski definition) is 2. The van der Waals surface area contributed by atoms with Crippen LogP contribution in [0.4, 0.5) is 0 Å². The van der Waals surface area contributed by atoms with Gasteiger partial charge in [0.05, 0.1) is 29.9 Å². The molecular weight excluding hydrogens is 460 g/mol. The molecule has 0 aromatic heterocycles. The molecule has 2 aromatic rings. The van der Waals surface area contributed by atoms with E-state index < -0.39 is 17.7 Å². The number of likely N-dealkylation sites (N-methyl/N-ethyl adjacent to an activating group) is 1. The van der Waals surface area contributed by atoms with Crippen LogP contribution in [-0.2, 0) is 9.59 Å². The average Bonchev–Trinajstić information content (AvgIpc) is 3.05. The van der Waals surface area contributed by atoms with Gasteiger partial charge in [0, 0.05) is 18.7 Å². The Bertz CT molecular complexity index is 1110. The molecule has 0 spiro atoms. The van der Waals surface area contributed by atoms with Gasteiger partial charge in [-0.2, -0.15) is 0 Å². The van der Waals surface area contributed by atoms with Crippen molar-refractivity contribution in [2.45, 2.75) is 19.9 Å². The summed E-state index contributed by atoms with van der Waals surface area (Å²) < 4.78 is 10.9. The molecule has 1 aliphatic heterocycles. The van der Waals surface area contributed by atoms with Crippen LogP contribution in [0, 0.1) is 0 Å². The van der Waals surface area contributed by atoms with Crippen molar-refractivity contribution in [1.82, 2.24) is 9.80 Å². The van der Waals surface area contributed by atoms with Gasteiger partial charge in [-0.15, -0.1) is 0 Å². The number of carbonyl (C=O) groups is 2. The van der Waals surface area contributed by atoms with Gasteiger partial charge in [-0.05, 0) is 63.8 Å². The predicted molar refractivity (Wildman–Crippen MR) is 129 cm³/mol. The monoisotopic (exact) mass is 488 g/mol. The number of carbonyl (C=O) groups excluding carboxylic acids is 2. The largest absolute Gasteiger partial charge is 0.507 e. The zero-order valence-electron chi connectivity index (χ0n) is 19.7. The van der Waals surface area contributed by atoms with Crippen LogP contribution < -0.4 is 9.47 Å². The number of hydrogen-bond acceptors (Lipinski definition) is 7. The first-order valence-electron chi connectivity index (χ1n) is 11.0. The number of amides is 1. The van der Waals surface area contributed by atoms with Crippen LogP contribution in [0.3, 0.4) is 0 Å². The van der Waals surface area contributed by atoms with Gasteiger partial charge in [0.25, 0.3) is 11.7 Å². The minimum absolute atomic E-state index is 0.0582. The van der Waals surface area contributed by atoms with Crippen LogP contribution >= 0.6 is 11.6 Å². The van der Waals surface area contributed by atoms with Crippen molar-refractivity contribution in [1.29, 1.82) is 0 Å². The molecule has 1 aliphatic rings. The van der Waals surface area contributed by atoms with E-state index in [1.807, 2.05) is 25.9 Å². The van der Waals surface area contributed by atoms with E-state index >= 15 is 0 Å². The maximum absolute atomic E-state index is 13.1. The van der Waals surface area contributed by atoms with E-state index in [4.69, 9.17) is 21.1 Å². The molecule has 0 radical (unpaired) electrons. The molecular formula is C25H29ClN2O6. The number of Topliss-reactive ketones (excluding diaryl/α,β-unsaturated/α-hetero) is 1. The molecule has 182 valence electrons. The number of likely N-dealkylation sites (tertiary alicyclic amines) is 1. The van der Waals surface area contributed by atoms with E-state index in [0.717, 1.165) is 0 Å². The molecule has 2 N–H and O–H groups in total. The van der Waals surface area contributed by atoms with E-state index in [1.165, 1.54) is 17.0 Å². The van der Waals surface area contributed by atoms with Gasteiger partial charge in [0.15, 0.2) is 11.5 Å². The molecule has 0 saturated carbocycles. The third kappa shape index (κ3) is 5.13. The molecule has 3 rings (SSSR count). The first kappa shape index (κ1) is 25.4. The number of aliphatic hydroxyl groups is 1. The number of rotatable bonds is 9. The summed E-state index contributed by atoms with van der Waals surface area (Å²) in [6.45, 7) is 5.12. The van der Waals surface area contributed by atoms with Gasteiger partial charge < -0.3 is 29.5 Å². The van der Waals surface area contributed by atoms with Crippen molar-refractivity contribution >= 4 is 29.1 Å². The summed E-state index contributed by atoms with van der Waals surface area (Å²) in [6.07, 6.45) is 0. The highest BCUT2D eigenvalue weighted by Crippen LogP contribution is 2.42. The quantitative estimate of drug-likeness (QED) is 0.314. The van der Waals surface area contributed by atoms with E-state index in [-0.39, 0.29) is 40.0 Å². The minimum atomic E-state index is -0.870. The number of phenols is 1. The van der Waals surface area contributed by atoms with E-state index in [0.29, 0.717) is 31.1 Å². The third-order valence-electron chi connectivity index (χ3n) is 5.43. The fourth-order valence-corrected chi connectivity index (χ4v) is 4.05. The summed E-state index contributed by atoms with van der Waals surface area (Å²) in [5, 5.41) is 21.6. The van der Waals surface area contributed by atoms with Crippen molar-refractivity contribution in [3.05, 3.63) is 58.1 Å². The second-order valence-corrected chi connectivity index (χ2v) is 8.44. The molecule has 0 bridgehead atoms. The molecule has 0 aliphatic carbocycles. The van der Waals surface area contributed by atoms with Gasteiger partial charge in [-0.3, -0.25) is 9.59 Å². The number of nitrogens with zero attached hydrogens (tertiary/aromatic N) is 2. The van der Waals surface area contributed by atoms with Gasteiger partial charge in [0.2, 0.25) is 0 Å². The predicted octanol–water partition coefficient (Wildman–Crippen LogP) is 3.83. The molecule has 1 heterocycles. The van der Waals surface area contributed by atoms with E-state index in [9.17, 15) is 19.8 Å². The maximum atomic E-state index is 13.1. The summed E-state index contributed by atoms with van der Waals surface area (Å²) in [5.74, 6) is -1.24. The average molecular weight is 489 g/mol. The number of aliphatic hydroxyl groups excluding tert-OH is 1. The number of ketones is 1. The Morgan fingerprint density at radius 1 is 1.06 bits per heavy atom. The molecule has 1 atom stereocenters. The van der Waals surface area contributed by atoms with Crippen LogP contribution in [0.15, 0.2) is 42.0 Å². The number of aromatic hydroxyl groups is 1. The molecule has 2 aromatic carbocycles. The highest BCUT2D eigenvalue weighted by Gasteiger charge is 2.46. The third-order valence-corrected chi connectivity index (χ3v) is 5.73. The molecule has 9 heteroatoms. The lowest BCUT2D eigenvalue weighted by molar-refractivity contribution is -0.140. The van der Waals surface area contributed by atoms with Crippen molar-refractivity contribution in [2.24, 2.45) is 0 Å². The highest BCUT2D eigenvalue weighted by molar-refractivity contribution is 6.46. The summed E-state index contributed by atoms with van der Waals surface area (Å²) in [7, 11) is 3.72. The van der Waals surface area contributed by atoms with Crippen molar-refractivity contribution in [3.63, 3.8) is 0 Å². The Kier molecular flexibility index (Phi) is 8.06. The van der Waals surface area contributed by atoms with Gasteiger partial charge in [0.1, 0.15) is 11.5 Å².